The molecule has 0 aliphatic rings. The molecule has 0 spiro atoms. The van der Waals surface area contributed by atoms with Gasteiger partial charge in [0.2, 0.25) is 0 Å². The molecule has 1 aromatic carbocycles. The molecule has 0 aliphatic carbocycles. The fourth-order valence-electron chi connectivity index (χ4n) is 1.15. The molecule has 4 nitrogen and oxygen atoms in total. The predicted molar refractivity (Wildman–Crippen MR) is 62.6 cm³/mol. The molecule has 0 saturated carbocycles. The summed E-state index contributed by atoms with van der Waals surface area (Å²) in [6.07, 6.45) is 0. The first-order valence-corrected chi connectivity index (χ1v) is 5.34. The van der Waals surface area contributed by atoms with Crippen LogP contribution in [0.4, 0.5) is 0 Å². The van der Waals surface area contributed by atoms with Gasteiger partial charge in [-0.2, -0.15) is 0 Å². The number of hydrogen-bond acceptors (Lipinski definition) is 4. The van der Waals surface area contributed by atoms with E-state index in [4.69, 9.17) is 18.7 Å². The van der Waals surface area contributed by atoms with Crippen LogP contribution in [0.2, 0.25) is 0 Å². The SMILES string of the molecule is CCOB(OCC)Oc1ccc(OC)cc1. The lowest BCUT2D eigenvalue weighted by Crippen LogP contribution is -2.30. The van der Waals surface area contributed by atoms with Crippen molar-refractivity contribution in [3.8, 4) is 11.5 Å². The molecule has 0 radical (unpaired) electrons. The minimum Gasteiger partial charge on any atom is -0.512 e. The van der Waals surface area contributed by atoms with Gasteiger partial charge in [-0.1, -0.05) is 0 Å². The van der Waals surface area contributed by atoms with Gasteiger partial charge in [0, 0.05) is 13.2 Å². The first-order chi connectivity index (χ1) is 7.80. The van der Waals surface area contributed by atoms with Crippen molar-refractivity contribution >= 4 is 7.32 Å². The molecule has 0 fully saturated rings. The van der Waals surface area contributed by atoms with Gasteiger partial charge in [0.25, 0.3) is 0 Å². The second kappa shape index (κ2) is 7.14. The van der Waals surface area contributed by atoms with E-state index in [0.717, 1.165) is 5.75 Å². The molecule has 0 bridgehead atoms. The van der Waals surface area contributed by atoms with Gasteiger partial charge in [0.05, 0.1) is 7.11 Å². The highest BCUT2D eigenvalue weighted by atomic mass is 16.7. The van der Waals surface area contributed by atoms with Crippen LogP contribution >= 0.6 is 0 Å². The molecule has 0 aliphatic heterocycles. The summed E-state index contributed by atoms with van der Waals surface area (Å²) in [5.74, 6) is 1.48. The van der Waals surface area contributed by atoms with Crippen LogP contribution in [0.3, 0.4) is 0 Å². The van der Waals surface area contributed by atoms with Gasteiger partial charge in [-0.15, -0.1) is 0 Å². The van der Waals surface area contributed by atoms with Crippen LogP contribution in [0.1, 0.15) is 13.8 Å². The summed E-state index contributed by atoms with van der Waals surface area (Å²) in [4.78, 5) is 0. The zero-order chi connectivity index (χ0) is 11.8. The Hall–Kier alpha value is -1.20. The molecule has 1 aromatic rings. The van der Waals surface area contributed by atoms with E-state index < -0.39 is 7.32 Å². The molecular formula is C11H17BO4. The third-order valence-corrected chi connectivity index (χ3v) is 1.90. The number of methoxy groups -OCH3 is 1. The Morgan fingerprint density at radius 2 is 1.44 bits per heavy atom. The Morgan fingerprint density at radius 3 is 1.88 bits per heavy atom. The quantitative estimate of drug-likeness (QED) is 0.665. The van der Waals surface area contributed by atoms with E-state index >= 15 is 0 Å². The van der Waals surface area contributed by atoms with Crippen molar-refractivity contribution in [1.29, 1.82) is 0 Å². The van der Waals surface area contributed by atoms with Crippen molar-refractivity contribution in [1.82, 2.24) is 0 Å². The van der Waals surface area contributed by atoms with Crippen LogP contribution in [0.25, 0.3) is 0 Å². The van der Waals surface area contributed by atoms with E-state index in [2.05, 4.69) is 0 Å². The summed E-state index contributed by atoms with van der Waals surface area (Å²) in [7, 11) is 0.974. The number of hydrogen-bond donors (Lipinski definition) is 0. The van der Waals surface area contributed by atoms with E-state index in [1.165, 1.54) is 0 Å². The Morgan fingerprint density at radius 1 is 0.938 bits per heavy atom. The highest BCUT2D eigenvalue weighted by molar-refractivity contribution is 6.37. The maximum absolute atomic E-state index is 5.49. The molecule has 5 heteroatoms. The van der Waals surface area contributed by atoms with Gasteiger partial charge >= 0.3 is 7.32 Å². The molecule has 0 unspecified atom stereocenters. The highest BCUT2D eigenvalue weighted by Crippen LogP contribution is 2.17. The second-order valence-corrected chi connectivity index (χ2v) is 2.99. The maximum Gasteiger partial charge on any atom is 0.713 e. The Balaban J connectivity index is 2.54. The van der Waals surface area contributed by atoms with Crippen molar-refractivity contribution < 1.29 is 18.7 Å². The lowest BCUT2D eigenvalue weighted by molar-refractivity contribution is 0.153. The third kappa shape index (κ3) is 4.12. The first-order valence-electron chi connectivity index (χ1n) is 5.34. The van der Waals surface area contributed by atoms with Gasteiger partial charge in [-0.3, -0.25) is 0 Å². The molecule has 0 atom stereocenters. The van der Waals surface area contributed by atoms with Crippen LogP contribution in [0.5, 0.6) is 11.5 Å². The fourth-order valence-corrected chi connectivity index (χ4v) is 1.15. The average Bonchev–Trinajstić information content (AvgIpc) is 2.31. The zero-order valence-corrected chi connectivity index (χ0v) is 9.93. The number of benzene rings is 1. The van der Waals surface area contributed by atoms with E-state index in [-0.39, 0.29) is 0 Å². The van der Waals surface area contributed by atoms with Crippen LogP contribution in [-0.2, 0) is 9.31 Å². The summed E-state index contributed by atoms with van der Waals surface area (Å²) in [5.41, 5.74) is 0. The van der Waals surface area contributed by atoms with Crippen LogP contribution in [0, 0.1) is 0 Å². The maximum atomic E-state index is 5.49. The largest absolute Gasteiger partial charge is 0.713 e. The van der Waals surface area contributed by atoms with E-state index in [0.29, 0.717) is 19.0 Å². The monoisotopic (exact) mass is 224 g/mol. The van der Waals surface area contributed by atoms with Crippen molar-refractivity contribution in [2.75, 3.05) is 20.3 Å². The van der Waals surface area contributed by atoms with E-state index in [1.807, 2.05) is 38.1 Å². The lowest BCUT2D eigenvalue weighted by Gasteiger charge is -2.13. The van der Waals surface area contributed by atoms with Gasteiger partial charge in [-0.05, 0) is 38.1 Å². The Kier molecular flexibility index (Phi) is 5.74. The summed E-state index contributed by atoms with van der Waals surface area (Å²) >= 11 is 0. The predicted octanol–water partition coefficient (Wildman–Crippen LogP) is 2.13. The van der Waals surface area contributed by atoms with Crippen molar-refractivity contribution in [2.45, 2.75) is 13.8 Å². The van der Waals surface area contributed by atoms with Crippen molar-refractivity contribution in [3.05, 3.63) is 24.3 Å². The Bertz CT molecular complexity index is 283. The minimum atomic E-state index is -0.650. The number of ether oxygens (including phenoxy) is 1. The third-order valence-electron chi connectivity index (χ3n) is 1.90. The normalized spacial score (nSPS) is 9.94. The fraction of sp³-hybridized carbons (Fsp3) is 0.455. The highest BCUT2D eigenvalue weighted by Gasteiger charge is 2.22. The summed E-state index contributed by atoms with van der Waals surface area (Å²) in [6.45, 7) is 4.87. The summed E-state index contributed by atoms with van der Waals surface area (Å²) in [6, 6.07) is 7.27. The van der Waals surface area contributed by atoms with Crippen molar-refractivity contribution in [2.24, 2.45) is 0 Å². The summed E-state index contributed by atoms with van der Waals surface area (Å²) < 4.78 is 21.1. The summed E-state index contributed by atoms with van der Waals surface area (Å²) in [5, 5.41) is 0. The van der Waals surface area contributed by atoms with Gasteiger partial charge < -0.3 is 18.7 Å². The minimum absolute atomic E-state index is 0.542. The van der Waals surface area contributed by atoms with Crippen LogP contribution < -0.4 is 9.39 Å². The molecule has 16 heavy (non-hydrogen) atoms. The molecule has 1 rings (SSSR count). The van der Waals surface area contributed by atoms with Crippen LogP contribution in [0.15, 0.2) is 24.3 Å². The molecule has 0 saturated heterocycles. The van der Waals surface area contributed by atoms with Gasteiger partial charge in [0.1, 0.15) is 11.5 Å². The average molecular weight is 224 g/mol. The van der Waals surface area contributed by atoms with Gasteiger partial charge in [-0.25, -0.2) is 0 Å². The molecule has 0 aromatic heterocycles. The molecule has 0 heterocycles. The molecular weight excluding hydrogens is 207 g/mol. The number of rotatable bonds is 7. The van der Waals surface area contributed by atoms with Gasteiger partial charge in [0.15, 0.2) is 0 Å². The molecule has 0 N–H and O–H groups in total. The van der Waals surface area contributed by atoms with Crippen LogP contribution in [-0.4, -0.2) is 27.6 Å². The lowest BCUT2D eigenvalue weighted by atomic mass is 10.2. The van der Waals surface area contributed by atoms with Crippen molar-refractivity contribution in [3.63, 3.8) is 0 Å². The Labute approximate surface area is 96.6 Å². The molecule has 0 amide bonds. The first kappa shape index (κ1) is 12.9. The topological polar surface area (TPSA) is 36.9 Å². The smallest absolute Gasteiger partial charge is 0.512 e. The second-order valence-electron chi connectivity index (χ2n) is 2.99. The van der Waals surface area contributed by atoms with E-state index in [1.54, 1.807) is 7.11 Å². The zero-order valence-electron chi connectivity index (χ0n) is 9.93. The van der Waals surface area contributed by atoms with E-state index in [9.17, 15) is 0 Å². The molecule has 88 valence electrons. The standard InChI is InChI=1S/C11H17BO4/c1-4-14-12(15-5-2)16-11-8-6-10(13-3)7-9-11/h6-9H,4-5H2,1-3H3.